The Morgan fingerprint density at radius 2 is 2.00 bits per heavy atom. The van der Waals surface area contributed by atoms with Gasteiger partial charge in [0.25, 0.3) is 5.92 Å². The predicted molar refractivity (Wildman–Crippen MR) is 25.7 cm³/mol. The molecule has 0 aromatic heterocycles. The molecule has 0 nitrogen and oxygen atoms in total. The van der Waals surface area contributed by atoms with Crippen LogP contribution in [0.25, 0.3) is 0 Å². The molecule has 0 radical (unpaired) electrons. The van der Waals surface area contributed by atoms with Crippen LogP contribution in [0.15, 0.2) is 11.4 Å². The van der Waals surface area contributed by atoms with Crippen LogP contribution < -0.4 is 0 Å². The summed E-state index contributed by atoms with van der Waals surface area (Å²) in [5, 5.41) is -1.38. The third-order valence-corrected chi connectivity index (χ3v) is 0.472. The fourth-order valence-electron chi connectivity index (χ4n) is 0.192. The van der Waals surface area contributed by atoms with Crippen molar-refractivity contribution in [2.24, 2.45) is 0 Å². The molecule has 0 aliphatic carbocycles. The van der Waals surface area contributed by atoms with Gasteiger partial charge in [0, 0.05) is 13.0 Å². The van der Waals surface area contributed by atoms with E-state index in [1.165, 1.54) is 0 Å². The molecule has 0 rings (SSSR count). The summed E-state index contributed by atoms with van der Waals surface area (Å²) in [6.07, 6.45) is 0.0363. The molecule has 0 saturated carbocycles. The summed E-state index contributed by atoms with van der Waals surface area (Å²) in [6.45, 7) is 0.551. The number of rotatable bonds is 1. The van der Waals surface area contributed by atoms with Gasteiger partial charge in [-0.2, -0.15) is 4.39 Å². The first-order valence-electron chi connectivity index (χ1n) is 1.83. The quantitative estimate of drug-likeness (QED) is 0.531. The van der Waals surface area contributed by atoms with Gasteiger partial charge in [-0.1, -0.05) is 11.6 Å². The van der Waals surface area contributed by atoms with Crippen LogP contribution in [0.1, 0.15) is 6.92 Å². The maximum absolute atomic E-state index is 11.6. The standard InChI is InChI=1S/C4H4ClF3/c1-4(7,8)2-3(5)6/h2H,1H3/b3-2-. The van der Waals surface area contributed by atoms with Crippen molar-refractivity contribution in [3.63, 3.8) is 0 Å². The number of hydrogen-bond donors (Lipinski definition) is 0. The van der Waals surface area contributed by atoms with Gasteiger partial charge in [0.05, 0.1) is 0 Å². The predicted octanol–water partition coefficient (Wildman–Crippen LogP) is 2.69. The SMILES string of the molecule is CC(F)(F)/C=C(\F)Cl. The van der Waals surface area contributed by atoms with Crippen LogP contribution in [0, 0.1) is 0 Å². The number of hydrogen-bond acceptors (Lipinski definition) is 0. The molecule has 0 aliphatic rings. The molecule has 0 N–H and O–H groups in total. The van der Waals surface area contributed by atoms with E-state index in [-0.39, 0.29) is 6.08 Å². The Morgan fingerprint density at radius 3 is 2.00 bits per heavy atom. The zero-order chi connectivity index (χ0) is 6.78. The Labute approximate surface area is 49.9 Å². The minimum Gasteiger partial charge on any atom is -0.202 e. The van der Waals surface area contributed by atoms with Gasteiger partial charge in [-0.25, -0.2) is 8.78 Å². The fraction of sp³-hybridized carbons (Fsp3) is 0.500. The topological polar surface area (TPSA) is 0 Å². The van der Waals surface area contributed by atoms with Crippen LogP contribution in [-0.4, -0.2) is 5.92 Å². The Kier molecular flexibility index (Phi) is 2.34. The monoisotopic (exact) mass is 144 g/mol. The number of halogens is 4. The number of allylic oxidation sites excluding steroid dienone is 1. The maximum Gasteiger partial charge on any atom is 0.267 e. The highest BCUT2D eigenvalue weighted by Crippen LogP contribution is 2.17. The van der Waals surface area contributed by atoms with Gasteiger partial charge in [-0.15, -0.1) is 0 Å². The second kappa shape index (κ2) is 2.40. The van der Waals surface area contributed by atoms with Gasteiger partial charge in [0.15, 0.2) is 5.29 Å². The molecule has 0 aromatic carbocycles. The molecule has 0 unspecified atom stereocenters. The van der Waals surface area contributed by atoms with Gasteiger partial charge in [0.2, 0.25) is 0 Å². The van der Waals surface area contributed by atoms with E-state index in [1.807, 2.05) is 0 Å². The molecule has 0 atom stereocenters. The van der Waals surface area contributed by atoms with Crippen LogP contribution in [0.2, 0.25) is 0 Å². The second-order valence-corrected chi connectivity index (χ2v) is 1.75. The van der Waals surface area contributed by atoms with E-state index in [0.29, 0.717) is 6.92 Å². The van der Waals surface area contributed by atoms with E-state index in [4.69, 9.17) is 0 Å². The first kappa shape index (κ1) is 7.82. The van der Waals surface area contributed by atoms with Crippen molar-refractivity contribution in [3.05, 3.63) is 11.4 Å². The largest absolute Gasteiger partial charge is 0.267 e. The third-order valence-electron chi connectivity index (χ3n) is 0.363. The zero-order valence-corrected chi connectivity index (χ0v) is 4.85. The molecular formula is C4H4ClF3. The van der Waals surface area contributed by atoms with Crippen molar-refractivity contribution in [2.75, 3.05) is 0 Å². The highest BCUT2D eigenvalue weighted by atomic mass is 35.5. The van der Waals surface area contributed by atoms with E-state index >= 15 is 0 Å². The molecule has 4 heteroatoms. The molecule has 0 fully saturated rings. The van der Waals surface area contributed by atoms with E-state index in [9.17, 15) is 13.2 Å². The van der Waals surface area contributed by atoms with Crippen LogP contribution >= 0.6 is 11.6 Å². The van der Waals surface area contributed by atoms with Crippen molar-refractivity contribution in [1.29, 1.82) is 0 Å². The highest BCUT2D eigenvalue weighted by Gasteiger charge is 2.17. The van der Waals surface area contributed by atoms with Gasteiger partial charge < -0.3 is 0 Å². The summed E-state index contributed by atoms with van der Waals surface area (Å²) in [5.41, 5.74) is 0. The third kappa shape index (κ3) is 5.82. The molecule has 8 heavy (non-hydrogen) atoms. The smallest absolute Gasteiger partial charge is 0.202 e. The zero-order valence-electron chi connectivity index (χ0n) is 4.09. The molecule has 0 aromatic rings. The molecule has 0 aliphatic heterocycles. The maximum atomic E-state index is 11.6. The van der Waals surface area contributed by atoms with E-state index in [1.54, 1.807) is 0 Å². The Hall–Kier alpha value is -0.180. The second-order valence-electron chi connectivity index (χ2n) is 1.39. The summed E-state index contributed by atoms with van der Waals surface area (Å²) in [5.74, 6) is -3.15. The first-order valence-corrected chi connectivity index (χ1v) is 2.21. The summed E-state index contributed by atoms with van der Waals surface area (Å²) < 4.78 is 34.5. The van der Waals surface area contributed by atoms with Crippen molar-refractivity contribution in [2.45, 2.75) is 12.8 Å². The highest BCUT2D eigenvalue weighted by molar-refractivity contribution is 6.28. The number of alkyl halides is 2. The van der Waals surface area contributed by atoms with Crippen molar-refractivity contribution in [3.8, 4) is 0 Å². The van der Waals surface area contributed by atoms with Gasteiger partial charge >= 0.3 is 0 Å². The lowest BCUT2D eigenvalue weighted by atomic mass is 10.4. The van der Waals surface area contributed by atoms with Gasteiger partial charge in [-0.05, 0) is 0 Å². The molecular weight excluding hydrogens is 140 g/mol. The summed E-state index contributed by atoms with van der Waals surface area (Å²) in [6, 6.07) is 0. The van der Waals surface area contributed by atoms with E-state index in [0.717, 1.165) is 0 Å². The molecule has 0 heterocycles. The minimum absolute atomic E-state index is 0.0363. The summed E-state index contributed by atoms with van der Waals surface area (Å²) >= 11 is 4.48. The van der Waals surface area contributed by atoms with E-state index in [2.05, 4.69) is 11.6 Å². The van der Waals surface area contributed by atoms with Crippen LogP contribution in [-0.2, 0) is 0 Å². The van der Waals surface area contributed by atoms with Gasteiger partial charge in [-0.3, -0.25) is 0 Å². The van der Waals surface area contributed by atoms with E-state index < -0.39 is 11.2 Å². The average molecular weight is 145 g/mol. The lowest BCUT2D eigenvalue weighted by Gasteiger charge is -1.99. The Balaban J connectivity index is 3.89. The van der Waals surface area contributed by atoms with Crippen LogP contribution in [0.3, 0.4) is 0 Å². The molecule has 0 saturated heterocycles. The average Bonchev–Trinajstić information content (AvgIpc) is 1.21. The molecule has 0 spiro atoms. The van der Waals surface area contributed by atoms with Crippen molar-refractivity contribution < 1.29 is 13.2 Å². The van der Waals surface area contributed by atoms with Crippen LogP contribution in [0.4, 0.5) is 13.2 Å². The lowest BCUT2D eigenvalue weighted by molar-refractivity contribution is 0.0758. The first-order chi connectivity index (χ1) is 3.42. The fourth-order valence-corrected chi connectivity index (χ4v) is 0.383. The minimum atomic E-state index is -3.15. The Bertz CT molecular complexity index is 98.3. The normalized spacial score (nSPS) is 14.4. The van der Waals surface area contributed by atoms with Crippen molar-refractivity contribution >= 4 is 11.6 Å². The van der Waals surface area contributed by atoms with Gasteiger partial charge in [0.1, 0.15) is 0 Å². The van der Waals surface area contributed by atoms with Crippen molar-refractivity contribution in [1.82, 2.24) is 0 Å². The Morgan fingerprint density at radius 1 is 1.62 bits per heavy atom. The lowest BCUT2D eigenvalue weighted by Crippen LogP contribution is -2.03. The summed E-state index contributed by atoms with van der Waals surface area (Å²) in [4.78, 5) is 0. The molecule has 0 bridgehead atoms. The molecule has 48 valence electrons. The summed E-state index contributed by atoms with van der Waals surface area (Å²) in [7, 11) is 0. The molecule has 0 amide bonds. The van der Waals surface area contributed by atoms with Crippen LogP contribution in [0.5, 0.6) is 0 Å².